The van der Waals surface area contributed by atoms with E-state index in [4.69, 9.17) is 0 Å². The number of carbonyl (C=O) groups is 4. The summed E-state index contributed by atoms with van der Waals surface area (Å²) >= 11 is 0. The molecule has 3 amide bonds. The SMILES string of the molecule is COC(=O)c1cccc(NC(=O)c2ccc3c(c2)C(=O)N(CC(C)C)C3=O)c1O. The maximum absolute atomic E-state index is 12.6. The van der Waals surface area contributed by atoms with Crippen LogP contribution in [-0.2, 0) is 4.74 Å². The van der Waals surface area contributed by atoms with Crippen LogP contribution in [0.25, 0.3) is 0 Å². The molecule has 2 aromatic rings. The highest BCUT2D eigenvalue weighted by molar-refractivity contribution is 6.22. The Kier molecular flexibility index (Phi) is 5.36. The Morgan fingerprint density at radius 1 is 1.10 bits per heavy atom. The van der Waals surface area contributed by atoms with Gasteiger partial charge in [-0.25, -0.2) is 4.79 Å². The minimum Gasteiger partial charge on any atom is -0.505 e. The first kappa shape index (κ1) is 20.1. The normalized spacial score (nSPS) is 12.9. The fourth-order valence-electron chi connectivity index (χ4n) is 3.08. The number of phenolic OH excluding ortho intramolecular Hbond substituents is 1. The lowest BCUT2D eigenvalue weighted by molar-refractivity contribution is 0.0594. The van der Waals surface area contributed by atoms with Crippen molar-refractivity contribution in [3.05, 3.63) is 58.7 Å². The van der Waals surface area contributed by atoms with Gasteiger partial charge in [0.1, 0.15) is 5.56 Å². The Balaban J connectivity index is 1.87. The van der Waals surface area contributed by atoms with Crippen LogP contribution in [0.1, 0.15) is 55.3 Å². The zero-order valence-electron chi connectivity index (χ0n) is 16.2. The molecule has 0 radical (unpaired) electrons. The molecule has 2 N–H and O–H groups in total. The van der Waals surface area contributed by atoms with Crippen LogP contribution in [0.15, 0.2) is 36.4 Å². The fourth-order valence-corrected chi connectivity index (χ4v) is 3.08. The quantitative estimate of drug-likeness (QED) is 0.456. The van der Waals surface area contributed by atoms with E-state index < -0.39 is 23.5 Å². The molecular formula is C21H20N2O6. The molecule has 0 saturated heterocycles. The molecular weight excluding hydrogens is 376 g/mol. The molecule has 0 aromatic heterocycles. The summed E-state index contributed by atoms with van der Waals surface area (Å²) in [5.41, 5.74) is 0.476. The summed E-state index contributed by atoms with van der Waals surface area (Å²) in [7, 11) is 1.18. The summed E-state index contributed by atoms with van der Waals surface area (Å²) in [5.74, 6) is -2.48. The van der Waals surface area contributed by atoms with Gasteiger partial charge in [-0.1, -0.05) is 19.9 Å². The van der Waals surface area contributed by atoms with Gasteiger partial charge in [-0.2, -0.15) is 0 Å². The molecule has 1 aliphatic heterocycles. The van der Waals surface area contributed by atoms with Crippen molar-refractivity contribution in [2.24, 2.45) is 5.92 Å². The summed E-state index contributed by atoms with van der Waals surface area (Å²) < 4.78 is 4.59. The van der Waals surface area contributed by atoms with E-state index in [-0.39, 0.29) is 39.8 Å². The Labute approximate surface area is 167 Å². The molecule has 8 heteroatoms. The number of imide groups is 1. The van der Waals surface area contributed by atoms with Gasteiger partial charge in [0.2, 0.25) is 0 Å². The summed E-state index contributed by atoms with van der Waals surface area (Å²) in [6.45, 7) is 4.09. The van der Waals surface area contributed by atoms with Gasteiger partial charge in [0.15, 0.2) is 5.75 Å². The molecule has 29 heavy (non-hydrogen) atoms. The Morgan fingerprint density at radius 2 is 1.79 bits per heavy atom. The minimum atomic E-state index is -0.745. The van der Waals surface area contributed by atoms with E-state index in [2.05, 4.69) is 10.1 Å². The van der Waals surface area contributed by atoms with Crippen molar-refractivity contribution >= 4 is 29.4 Å². The predicted octanol–water partition coefficient (Wildman–Crippen LogP) is 2.68. The molecule has 0 fully saturated rings. The van der Waals surface area contributed by atoms with Crippen molar-refractivity contribution < 1.29 is 29.0 Å². The Morgan fingerprint density at radius 3 is 2.45 bits per heavy atom. The van der Waals surface area contributed by atoms with Crippen LogP contribution < -0.4 is 5.32 Å². The number of nitrogens with one attached hydrogen (secondary N) is 1. The molecule has 8 nitrogen and oxygen atoms in total. The van der Waals surface area contributed by atoms with Crippen molar-refractivity contribution in [1.29, 1.82) is 0 Å². The summed E-state index contributed by atoms with van der Waals surface area (Å²) in [6, 6.07) is 8.49. The third kappa shape index (κ3) is 3.69. The van der Waals surface area contributed by atoms with E-state index in [0.29, 0.717) is 6.54 Å². The van der Waals surface area contributed by atoms with Crippen LogP contribution in [0.3, 0.4) is 0 Å². The van der Waals surface area contributed by atoms with Crippen molar-refractivity contribution in [3.8, 4) is 5.75 Å². The van der Waals surface area contributed by atoms with Crippen molar-refractivity contribution in [1.82, 2.24) is 4.90 Å². The lowest BCUT2D eigenvalue weighted by atomic mass is 10.0. The van der Waals surface area contributed by atoms with Crippen LogP contribution in [0, 0.1) is 5.92 Å². The van der Waals surface area contributed by atoms with Crippen LogP contribution in [0.5, 0.6) is 5.75 Å². The standard InChI is InChI=1S/C21H20N2O6/c1-11(2)10-23-19(26)13-8-7-12(9-15(13)20(23)27)18(25)22-16-6-4-5-14(17(16)24)21(28)29-3/h4-9,11,24H,10H2,1-3H3,(H,22,25). The first-order valence-corrected chi connectivity index (χ1v) is 8.96. The molecule has 2 aromatic carbocycles. The maximum atomic E-state index is 12.6. The maximum Gasteiger partial charge on any atom is 0.341 e. The summed E-state index contributed by atoms with van der Waals surface area (Å²) in [4.78, 5) is 50.4. The molecule has 0 atom stereocenters. The lowest BCUT2D eigenvalue weighted by Crippen LogP contribution is -2.33. The van der Waals surface area contributed by atoms with Crippen LogP contribution in [0.2, 0.25) is 0 Å². The molecule has 0 saturated carbocycles. The Bertz CT molecular complexity index is 1030. The third-order valence-corrected chi connectivity index (χ3v) is 4.47. The van der Waals surface area contributed by atoms with E-state index in [1.54, 1.807) is 0 Å². The molecule has 150 valence electrons. The number of fused-ring (bicyclic) bond motifs is 1. The predicted molar refractivity (Wildman–Crippen MR) is 104 cm³/mol. The first-order chi connectivity index (χ1) is 13.7. The largest absolute Gasteiger partial charge is 0.505 e. The minimum absolute atomic E-state index is 0.0160. The first-order valence-electron chi connectivity index (χ1n) is 8.96. The van der Waals surface area contributed by atoms with E-state index in [1.807, 2.05) is 13.8 Å². The molecule has 0 spiro atoms. The van der Waals surface area contributed by atoms with Crippen molar-refractivity contribution in [2.45, 2.75) is 13.8 Å². The van der Waals surface area contributed by atoms with Crippen molar-refractivity contribution in [2.75, 3.05) is 19.0 Å². The number of nitrogens with zero attached hydrogens (tertiary/aromatic N) is 1. The molecule has 3 rings (SSSR count). The van der Waals surface area contributed by atoms with E-state index in [0.717, 1.165) is 0 Å². The average molecular weight is 396 g/mol. The number of carbonyl (C=O) groups excluding carboxylic acids is 4. The second-order valence-electron chi connectivity index (χ2n) is 7.02. The summed E-state index contributed by atoms with van der Waals surface area (Å²) in [6.07, 6.45) is 0. The third-order valence-electron chi connectivity index (χ3n) is 4.47. The number of methoxy groups -OCH3 is 1. The van der Waals surface area contributed by atoms with Crippen LogP contribution in [-0.4, -0.2) is 47.4 Å². The van der Waals surface area contributed by atoms with Gasteiger partial charge < -0.3 is 15.2 Å². The van der Waals surface area contributed by atoms with Gasteiger partial charge in [0.25, 0.3) is 17.7 Å². The number of esters is 1. The number of amides is 3. The summed E-state index contributed by atoms with van der Waals surface area (Å²) in [5, 5.41) is 12.7. The number of anilines is 1. The zero-order chi connectivity index (χ0) is 21.3. The zero-order valence-corrected chi connectivity index (χ0v) is 16.2. The number of para-hydroxylation sites is 1. The van der Waals surface area contributed by atoms with Gasteiger partial charge >= 0.3 is 5.97 Å². The Hall–Kier alpha value is -3.68. The topological polar surface area (TPSA) is 113 Å². The highest BCUT2D eigenvalue weighted by Crippen LogP contribution is 2.29. The van der Waals surface area contributed by atoms with Crippen LogP contribution >= 0.6 is 0 Å². The van der Waals surface area contributed by atoms with E-state index in [9.17, 15) is 24.3 Å². The monoisotopic (exact) mass is 396 g/mol. The van der Waals surface area contributed by atoms with E-state index in [1.165, 1.54) is 48.4 Å². The highest BCUT2D eigenvalue weighted by atomic mass is 16.5. The second-order valence-corrected chi connectivity index (χ2v) is 7.02. The number of aromatic hydroxyl groups is 1. The molecule has 1 heterocycles. The second kappa shape index (κ2) is 7.75. The molecule has 0 bridgehead atoms. The molecule has 0 aliphatic carbocycles. The van der Waals surface area contributed by atoms with Gasteiger partial charge in [0, 0.05) is 12.1 Å². The van der Waals surface area contributed by atoms with Gasteiger partial charge in [-0.15, -0.1) is 0 Å². The number of benzene rings is 2. The highest BCUT2D eigenvalue weighted by Gasteiger charge is 2.36. The molecule has 1 aliphatic rings. The average Bonchev–Trinajstić information content (AvgIpc) is 2.93. The van der Waals surface area contributed by atoms with Crippen LogP contribution in [0.4, 0.5) is 5.69 Å². The number of rotatable bonds is 5. The van der Waals surface area contributed by atoms with Gasteiger partial charge in [-0.3, -0.25) is 19.3 Å². The number of hydrogen-bond donors (Lipinski definition) is 2. The molecule has 0 unspecified atom stereocenters. The number of ether oxygens (including phenoxy) is 1. The smallest absolute Gasteiger partial charge is 0.341 e. The fraction of sp³-hybridized carbons (Fsp3) is 0.238. The van der Waals surface area contributed by atoms with E-state index >= 15 is 0 Å². The van der Waals surface area contributed by atoms with Crippen molar-refractivity contribution in [3.63, 3.8) is 0 Å². The number of phenols is 1. The van der Waals surface area contributed by atoms with Gasteiger partial charge in [0.05, 0.1) is 23.9 Å². The van der Waals surface area contributed by atoms with Gasteiger partial charge in [-0.05, 0) is 36.2 Å². The lowest BCUT2D eigenvalue weighted by Gasteiger charge is -2.15. The number of hydrogen-bond acceptors (Lipinski definition) is 6.